The van der Waals surface area contributed by atoms with E-state index in [-0.39, 0.29) is 5.54 Å². The molecule has 0 rings (SSSR count). The zero-order chi connectivity index (χ0) is 19.8. The van der Waals surface area contributed by atoms with Crippen LogP contribution >= 0.6 is 0 Å². The Bertz CT molecular complexity index is 626. The average molecular weight is 343 g/mol. The molecule has 0 aromatic rings. The normalized spacial score (nSPS) is 19.4. The summed E-state index contributed by atoms with van der Waals surface area (Å²) in [5.41, 5.74) is -3.20. The van der Waals surface area contributed by atoms with E-state index in [4.69, 9.17) is 5.26 Å². The Morgan fingerprint density at radius 2 is 1.00 bits per heavy atom. The summed E-state index contributed by atoms with van der Waals surface area (Å²) in [7, 11) is 0. The molecule has 0 radical (unpaired) electrons. The van der Waals surface area contributed by atoms with Crippen molar-refractivity contribution in [2.45, 2.75) is 96.3 Å². The van der Waals surface area contributed by atoms with E-state index in [1.807, 2.05) is 27.7 Å². The first-order valence-electron chi connectivity index (χ1n) is 8.48. The Morgan fingerprint density at radius 1 is 0.640 bits per heavy atom. The molecule has 0 aliphatic heterocycles. The highest BCUT2D eigenvalue weighted by Gasteiger charge is 2.30. The number of rotatable bonds is 8. The second-order valence-corrected chi connectivity index (χ2v) is 7.93. The standard InChI is InChI=1S/C18H29N7/c1-8-16(5,12-19)23-25-18(7,14-21)11-9-10-17(6,13-20)24-22-15(2,3)4/h8-11H2,1-7H3. The molecule has 0 amide bonds. The van der Waals surface area contributed by atoms with Crippen molar-refractivity contribution in [2.75, 3.05) is 0 Å². The number of hydrogen-bond donors (Lipinski definition) is 0. The van der Waals surface area contributed by atoms with Crippen molar-refractivity contribution < 1.29 is 0 Å². The predicted molar refractivity (Wildman–Crippen MR) is 95.7 cm³/mol. The first-order chi connectivity index (χ1) is 11.4. The van der Waals surface area contributed by atoms with Crippen LogP contribution in [0.3, 0.4) is 0 Å². The summed E-state index contributed by atoms with van der Waals surface area (Å²) in [6.07, 6.45) is 2.00. The van der Waals surface area contributed by atoms with E-state index < -0.39 is 16.6 Å². The third kappa shape index (κ3) is 8.36. The van der Waals surface area contributed by atoms with Crippen molar-refractivity contribution in [3.63, 3.8) is 0 Å². The van der Waals surface area contributed by atoms with Gasteiger partial charge in [-0.2, -0.15) is 36.2 Å². The Morgan fingerprint density at radius 3 is 1.32 bits per heavy atom. The van der Waals surface area contributed by atoms with Crippen LogP contribution in [0.4, 0.5) is 0 Å². The fraction of sp³-hybridized carbons (Fsp3) is 0.833. The smallest absolute Gasteiger partial charge is 0.164 e. The second kappa shape index (κ2) is 8.67. The van der Waals surface area contributed by atoms with Crippen LogP contribution in [0.15, 0.2) is 20.5 Å². The van der Waals surface area contributed by atoms with Gasteiger partial charge in [-0.3, -0.25) is 0 Å². The van der Waals surface area contributed by atoms with Gasteiger partial charge >= 0.3 is 0 Å². The summed E-state index contributed by atoms with van der Waals surface area (Å²) in [6, 6.07) is 6.45. The minimum Gasteiger partial charge on any atom is -0.196 e. The SMILES string of the molecule is CCC(C)(C#N)N=NC(C)(C#N)CCCC(C)(C#N)N=NC(C)(C)C. The Labute approximate surface area is 151 Å². The van der Waals surface area contributed by atoms with Crippen molar-refractivity contribution in [1.82, 2.24) is 0 Å². The van der Waals surface area contributed by atoms with Crippen LogP contribution in [-0.2, 0) is 0 Å². The minimum absolute atomic E-state index is 0.338. The van der Waals surface area contributed by atoms with Crippen LogP contribution in [0.5, 0.6) is 0 Å². The lowest BCUT2D eigenvalue weighted by Gasteiger charge is -2.21. The van der Waals surface area contributed by atoms with Crippen LogP contribution in [0.2, 0.25) is 0 Å². The topological polar surface area (TPSA) is 121 Å². The molecular formula is C18H29N7. The van der Waals surface area contributed by atoms with Crippen LogP contribution in [-0.4, -0.2) is 22.2 Å². The van der Waals surface area contributed by atoms with Crippen molar-refractivity contribution in [3.05, 3.63) is 0 Å². The van der Waals surface area contributed by atoms with Gasteiger partial charge in [0.05, 0.1) is 23.7 Å². The summed E-state index contributed by atoms with van der Waals surface area (Å²) in [4.78, 5) is 0. The van der Waals surface area contributed by atoms with Gasteiger partial charge in [0.15, 0.2) is 16.6 Å². The van der Waals surface area contributed by atoms with E-state index in [1.165, 1.54) is 0 Å². The monoisotopic (exact) mass is 343 g/mol. The number of nitriles is 3. The summed E-state index contributed by atoms with van der Waals surface area (Å²) >= 11 is 0. The summed E-state index contributed by atoms with van der Waals surface area (Å²) in [6.45, 7) is 12.7. The minimum atomic E-state index is -1.02. The molecule has 0 saturated heterocycles. The van der Waals surface area contributed by atoms with Crippen molar-refractivity contribution in [1.29, 1.82) is 15.8 Å². The highest BCUT2D eigenvalue weighted by Crippen LogP contribution is 2.26. The highest BCUT2D eigenvalue weighted by molar-refractivity contribution is 5.08. The molecule has 0 saturated carbocycles. The molecule has 3 unspecified atom stereocenters. The van der Waals surface area contributed by atoms with Crippen LogP contribution in [0, 0.1) is 34.0 Å². The number of nitrogens with zero attached hydrogens (tertiary/aromatic N) is 7. The van der Waals surface area contributed by atoms with Crippen molar-refractivity contribution in [2.24, 2.45) is 20.5 Å². The van der Waals surface area contributed by atoms with Gasteiger partial charge in [0.2, 0.25) is 0 Å². The molecule has 0 N–H and O–H groups in total. The Balaban J connectivity index is 5.00. The van der Waals surface area contributed by atoms with Gasteiger partial charge in [-0.1, -0.05) is 6.92 Å². The van der Waals surface area contributed by atoms with E-state index in [0.29, 0.717) is 25.7 Å². The van der Waals surface area contributed by atoms with Gasteiger partial charge in [-0.25, -0.2) is 0 Å². The maximum Gasteiger partial charge on any atom is 0.164 e. The molecule has 7 nitrogen and oxygen atoms in total. The molecule has 0 aromatic carbocycles. The van der Waals surface area contributed by atoms with E-state index in [9.17, 15) is 10.5 Å². The van der Waals surface area contributed by atoms with Gasteiger partial charge < -0.3 is 0 Å². The largest absolute Gasteiger partial charge is 0.196 e. The quantitative estimate of drug-likeness (QED) is 0.568. The molecular weight excluding hydrogens is 314 g/mol. The van der Waals surface area contributed by atoms with E-state index in [1.54, 1.807) is 20.8 Å². The predicted octanol–water partition coefficient (Wildman–Crippen LogP) is 5.12. The second-order valence-electron chi connectivity index (χ2n) is 7.93. The fourth-order valence-electron chi connectivity index (χ4n) is 1.69. The maximum atomic E-state index is 9.43. The van der Waals surface area contributed by atoms with Crippen LogP contribution in [0.25, 0.3) is 0 Å². The van der Waals surface area contributed by atoms with Gasteiger partial charge in [0.1, 0.15) is 0 Å². The van der Waals surface area contributed by atoms with E-state index >= 15 is 0 Å². The van der Waals surface area contributed by atoms with Gasteiger partial charge in [0.25, 0.3) is 0 Å². The van der Waals surface area contributed by atoms with Crippen molar-refractivity contribution >= 4 is 0 Å². The van der Waals surface area contributed by atoms with E-state index in [0.717, 1.165) is 0 Å². The molecule has 0 heterocycles. The zero-order valence-corrected chi connectivity index (χ0v) is 16.5. The third-order valence-corrected chi connectivity index (χ3v) is 3.80. The van der Waals surface area contributed by atoms with Crippen LogP contribution in [0.1, 0.15) is 74.1 Å². The fourth-order valence-corrected chi connectivity index (χ4v) is 1.69. The summed E-state index contributed by atoms with van der Waals surface area (Å²) in [5, 5.41) is 44.5. The summed E-state index contributed by atoms with van der Waals surface area (Å²) < 4.78 is 0. The maximum absolute atomic E-state index is 9.43. The first-order valence-corrected chi connectivity index (χ1v) is 8.48. The summed E-state index contributed by atoms with van der Waals surface area (Å²) in [5.74, 6) is 0. The lowest BCUT2D eigenvalue weighted by Crippen LogP contribution is -2.25. The molecule has 0 fully saturated rings. The van der Waals surface area contributed by atoms with Crippen molar-refractivity contribution in [3.8, 4) is 18.2 Å². The van der Waals surface area contributed by atoms with Gasteiger partial charge in [-0.15, -0.1) is 0 Å². The molecule has 25 heavy (non-hydrogen) atoms. The average Bonchev–Trinajstić information content (AvgIpc) is 2.57. The van der Waals surface area contributed by atoms with E-state index in [2.05, 4.69) is 38.7 Å². The molecule has 136 valence electrons. The van der Waals surface area contributed by atoms with Crippen LogP contribution < -0.4 is 0 Å². The number of azo groups is 2. The third-order valence-electron chi connectivity index (χ3n) is 3.80. The molecule has 0 bridgehead atoms. The van der Waals surface area contributed by atoms with Gasteiger partial charge in [-0.05, 0) is 67.2 Å². The molecule has 7 heteroatoms. The Hall–Kier alpha value is -2.33. The lowest BCUT2D eigenvalue weighted by molar-refractivity contribution is 0.404. The zero-order valence-electron chi connectivity index (χ0n) is 16.5. The molecule has 0 aromatic heterocycles. The van der Waals surface area contributed by atoms with Gasteiger partial charge in [0, 0.05) is 0 Å². The molecule has 0 aliphatic rings. The highest BCUT2D eigenvalue weighted by atomic mass is 15.2. The molecule has 0 spiro atoms. The Kier molecular flexibility index (Phi) is 7.87. The lowest BCUT2D eigenvalue weighted by atomic mass is 9.91. The molecule has 3 atom stereocenters. The number of hydrogen-bond acceptors (Lipinski definition) is 7. The first kappa shape index (κ1) is 22.7. The molecule has 0 aliphatic carbocycles.